The number of carbonyl (C=O) groups is 1. The Balaban J connectivity index is 1.27. The second-order valence-corrected chi connectivity index (χ2v) is 8.80. The van der Waals surface area contributed by atoms with E-state index in [2.05, 4.69) is 42.3 Å². The number of methoxy groups -OCH3 is 1. The Morgan fingerprint density at radius 1 is 1.03 bits per heavy atom. The predicted octanol–water partition coefficient (Wildman–Crippen LogP) is 4.54. The number of hydrazone groups is 1. The van der Waals surface area contributed by atoms with Crippen molar-refractivity contribution in [2.45, 2.75) is 6.54 Å². The van der Waals surface area contributed by atoms with Gasteiger partial charge in [0, 0.05) is 42.8 Å². The number of piperazine rings is 1. The molecule has 1 heterocycles. The molecule has 4 rings (SSSR count). The summed E-state index contributed by atoms with van der Waals surface area (Å²) in [5.41, 5.74) is 6.42. The minimum Gasteiger partial charge on any atom is -0.495 e. The minimum absolute atomic E-state index is 0.224. The van der Waals surface area contributed by atoms with Crippen molar-refractivity contribution in [1.82, 2.24) is 10.3 Å². The number of carbonyl (C=O) groups excluding carboxylic acids is 1. The van der Waals surface area contributed by atoms with Gasteiger partial charge in [0.15, 0.2) is 0 Å². The number of hydrogen-bond acceptors (Lipinski definition) is 5. The lowest BCUT2D eigenvalue weighted by atomic mass is 10.1. The van der Waals surface area contributed by atoms with Crippen LogP contribution in [0, 0.1) is 0 Å². The molecule has 3 aromatic carbocycles. The number of amides is 1. The standard InChI is InChI=1S/C26H27BrN4O2/c1-33-25-8-3-2-7-24(25)31-15-13-30(14-16-31)19-20-9-11-22(12-10-20)26(32)29-28-18-21-5-4-6-23(27)17-21/h2-12,17-18H,13-16,19H2,1H3,(H,29,32)/b28-18-. The summed E-state index contributed by atoms with van der Waals surface area (Å²) in [7, 11) is 1.72. The van der Waals surface area contributed by atoms with Crippen molar-refractivity contribution in [3.63, 3.8) is 0 Å². The van der Waals surface area contributed by atoms with Gasteiger partial charge in [-0.05, 0) is 47.5 Å². The van der Waals surface area contributed by atoms with Gasteiger partial charge in [0.25, 0.3) is 5.91 Å². The van der Waals surface area contributed by atoms with Gasteiger partial charge in [0.2, 0.25) is 0 Å². The third-order valence-corrected chi connectivity index (χ3v) is 6.14. The molecular formula is C26H27BrN4O2. The van der Waals surface area contributed by atoms with Gasteiger partial charge in [-0.25, -0.2) is 5.43 Å². The first-order valence-electron chi connectivity index (χ1n) is 10.9. The summed E-state index contributed by atoms with van der Waals surface area (Å²) in [6.07, 6.45) is 1.63. The molecule has 1 aliphatic rings. The van der Waals surface area contributed by atoms with E-state index in [4.69, 9.17) is 4.74 Å². The fourth-order valence-electron chi connectivity index (χ4n) is 3.87. The number of ether oxygens (including phenoxy) is 1. The molecule has 1 N–H and O–H groups in total. The molecule has 0 radical (unpaired) electrons. The van der Waals surface area contributed by atoms with Crippen LogP contribution in [0.2, 0.25) is 0 Å². The van der Waals surface area contributed by atoms with Crippen molar-refractivity contribution in [1.29, 1.82) is 0 Å². The van der Waals surface area contributed by atoms with Crippen molar-refractivity contribution in [3.05, 3.63) is 94.0 Å². The number of nitrogens with zero attached hydrogens (tertiary/aromatic N) is 3. The molecular weight excluding hydrogens is 480 g/mol. The highest BCUT2D eigenvalue weighted by Gasteiger charge is 2.19. The van der Waals surface area contributed by atoms with E-state index in [0.717, 1.165) is 54.2 Å². The molecule has 0 unspecified atom stereocenters. The van der Waals surface area contributed by atoms with Gasteiger partial charge in [0.05, 0.1) is 19.0 Å². The second kappa shape index (κ2) is 11.1. The molecule has 0 spiro atoms. The molecule has 6 nitrogen and oxygen atoms in total. The van der Waals surface area contributed by atoms with Crippen LogP contribution in [-0.4, -0.2) is 50.3 Å². The Bertz CT molecular complexity index is 1110. The summed E-state index contributed by atoms with van der Waals surface area (Å²) in [5.74, 6) is 0.694. The van der Waals surface area contributed by atoms with Crippen molar-refractivity contribution < 1.29 is 9.53 Å². The van der Waals surface area contributed by atoms with E-state index in [9.17, 15) is 4.79 Å². The van der Waals surface area contributed by atoms with Crippen LogP contribution in [0.1, 0.15) is 21.5 Å². The molecule has 33 heavy (non-hydrogen) atoms. The first-order valence-corrected chi connectivity index (χ1v) is 11.7. The van der Waals surface area contributed by atoms with Crippen LogP contribution < -0.4 is 15.1 Å². The maximum Gasteiger partial charge on any atom is 0.271 e. The van der Waals surface area contributed by atoms with E-state index in [1.54, 1.807) is 13.3 Å². The van der Waals surface area contributed by atoms with Crippen molar-refractivity contribution in [2.24, 2.45) is 5.10 Å². The molecule has 1 fully saturated rings. The second-order valence-electron chi connectivity index (χ2n) is 7.89. The highest BCUT2D eigenvalue weighted by molar-refractivity contribution is 9.10. The maximum atomic E-state index is 12.4. The van der Waals surface area contributed by atoms with Gasteiger partial charge in [-0.2, -0.15) is 5.10 Å². The Labute approximate surface area is 203 Å². The van der Waals surface area contributed by atoms with Crippen LogP contribution in [0.5, 0.6) is 5.75 Å². The Morgan fingerprint density at radius 3 is 2.52 bits per heavy atom. The summed E-state index contributed by atoms with van der Waals surface area (Å²) < 4.78 is 6.47. The lowest BCUT2D eigenvalue weighted by Gasteiger charge is -2.36. The number of anilines is 1. The first-order chi connectivity index (χ1) is 16.1. The molecule has 0 aliphatic carbocycles. The zero-order chi connectivity index (χ0) is 23.0. The molecule has 0 aromatic heterocycles. The average Bonchev–Trinajstić information content (AvgIpc) is 2.85. The zero-order valence-corrected chi connectivity index (χ0v) is 20.2. The van der Waals surface area contributed by atoms with E-state index < -0.39 is 0 Å². The number of nitrogens with one attached hydrogen (secondary N) is 1. The molecule has 7 heteroatoms. The Morgan fingerprint density at radius 2 is 1.79 bits per heavy atom. The summed E-state index contributed by atoms with van der Waals surface area (Å²) in [6, 6.07) is 23.6. The van der Waals surface area contributed by atoms with Crippen LogP contribution in [0.3, 0.4) is 0 Å². The topological polar surface area (TPSA) is 57.2 Å². The quantitative estimate of drug-likeness (QED) is 0.377. The van der Waals surface area contributed by atoms with E-state index in [-0.39, 0.29) is 5.91 Å². The van der Waals surface area contributed by atoms with Crippen molar-refractivity contribution in [2.75, 3.05) is 38.2 Å². The van der Waals surface area contributed by atoms with Crippen molar-refractivity contribution >= 4 is 33.7 Å². The number of hydrogen-bond donors (Lipinski definition) is 1. The molecule has 1 saturated heterocycles. The SMILES string of the molecule is COc1ccccc1N1CCN(Cc2ccc(C(=O)N/N=C\c3cccc(Br)c3)cc2)CC1. The normalized spacial score (nSPS) is 14.4. The van der Waals surface area contributed by atoms with Crippen LogP contribution in [0.4, 0.5) is 5.69 Å². The number of benzene rings is 3. The Kier molecular flexibility index (Phi) is 7.75. The first kappa shape index (κ1) is 23.0. The van der Waals surface area contributed by atoms with E-state index in [1.165, 1.54) is 5.56 Å². The Hall–Kier alpha value is -3.16. The molecule has 0 saturated carbocycles. The van der Waals surface area contributed by atoms with Gasteiger partial charge >= 0.3 is 0 Å². The maximum absolute atomic E-state index is 12.4. The average molecular weight is 507 g/mol. The predicted molar refractivity (Wildman–Crippen MR) is 136 cm³/mol. The number of para-hydroxylation sites is 2. The summed E-state index contributed by atoms with van der Waals surface area (Å²) in [6.45, 7) is 4.73. The molecule has 3 aromatic rings. The van der Waals surface area contributed by atoms with Crippen LogP contribution in [0.15, 0.2) is 82.4 Å². The van der Waals surface area contributed by atoms with Crippen LogP contribution in [-0.2, 0) is 6.54 Å². The van der Waals surface area contributed by atoms with E-state index >= 15 is 0 Å². The molecule has 0 atom stereocenters. The fraction of sp³-hybridized carbons (Fsp3) is 0.231. The van der Waals surface area contributed by atoms with Crippen molar-refractivity contribution in [3.8, 4) is 5.75 Å². The van der Waals surface area contributed by atoms with Gasteiger partial charge in [-0.1, -0.05) is 52.3 Å². The lowest BCUT2D eigenvalue weighted by molar-refractivity contribution is 0.0955. The highest BCUT2D eigenvalue weighted by Crippen LogP contribution is 2.28. The van der Waals surface area contributed by atoms with E-state index in [1.807, 2.05) is 66.7 Å². The largest absolute Gasteiger partial charge is 0.495 e. The van der Waals surface area contributed by atoms with Gasteiger partial charge in [-0.15, -0.1) is 0 Å². The molecule has 1 aliphatic heterocycles. The van der Waals surface area contributed by atoms with Crippen LogP contribution in [0.25, 0.3) is 0 Å². The smallest absolute Gasteiger partial charge is 0.271 e. The molecule has 170 valence electrons. The van der Waals surface area contributed by atoms with Gasteiger partial charge in [0.1, 0.15) is 5.75 Å². The summed E-state index contributed by atoms with van der Waals surface area (Å²) >= 11 is 3.42. The third-order valence-electron chi connectivity index (χ3n) is 5.65. The third kappa shape index (κ3) is 6.21. The molecule has 1 amide bonds. The van der Waals surface area contributed by atoms with Crippen LogP contribution >= 0.6 is 15.9 Å². The number of rotatable bonds is 7. The lowest BCUT2D eigenvalue weighted by Crippen LogP contribution is -2.46. The molecule has 0 bridgehead atoms. The van der Waals surface area contributed by atoms with Gasteiger partial charge in [-0.3, -0.25) is 9.69 Å². The van der Waals surface area contributed by atoms with Gasteiger partial charge < -0.3 is 9.64 Å². The summed E-state index contributed by atoms with van der Waals surface area (Å²) in [5, 5.41) is 4.05. The number of halogens is 1. The zero-order valence-electron chi connectivity index (χ0n) is 18.6. The van der Waals surface area contributed by atoms with E-state index in [0.29, 0.717) is 5.56 Å². The minimum atomic E-state index is -0.224. The summed E-state index contributed by atoms with van der Waals surface area (Å²) in [4.78, 5) is 17.2. The fourth-order valence-corrected chi connectivity index (χ4v) is 4.29. The highest BCUT2D eigenvalue weighted by atomic mass is 79.9. The monoisotopic (exact) mass is 506 g/mol.